The van der Waals surface area contributed by atoms with Crippen LogP contribution < -0.4 is 15.4 Å². The van der Waals surface area contributed by atoms with Crippen LogP contribution in [0.4, 0.5) is 10.2 Å². The molecule has 11 nitrogen and oxygen atoms in total. The predicted molar refractivity (Wildman–Crippen MR) is 157 cm³/mol. The zero-order valence-corrected chi connectivity index (χ0v) is 24.1. The summed E-state index contributed by atoms with van der Waals surface area (Å²) in [6, 6.07) is 16.9. The molecule has 0 bridgehead atoms. The number of hydrogen-bond donors (Lipinski definition) is 3. The Bertz CT molecular complexity index is 1730. The van der Waals surface area contributed by atoms with Gasteiger partial charge < -0.3 is 29.6 Å². The summed E-state index contributed by atoms with van der Waals surface area (Å²) in [5.74, 6) is -2.66. The van der Waals surface area contributed by atoms with Crippen molar-refractivity contribution in [1.29, 1.82) is 5.26 Å². The molecule has 2 aromatic heterocycles. The summed E-state index contributed by atoms with van der Waals surface area (Å²) in [5, 5.41) is 24.7. The first-order chi connectivity index (χ1) is 21.0. The summed E-state index contributed by atoms with van der Waals surface area (Å²) in [5.41, 5.74) is 0.889. The number of ether oxygens (including phenoxy) is 2. The van der Waals surface area contributed by atoms with Crippen LogP contribution in [0.3, 0.4) is 0 Å². The van der Waals surface area contributed by atoms with Crippen molar-refractivity contribution in [2.75, 3.05) is 25.8 Å². The van der Waals surface area contributed by atoms with Gasteiger partial charge in [0.15, 0.2) is 18.4 Å². The number of anilines is 1. The Morgan fingerprint density at radius 1 is 1.07 bits per heavy atom. The zero-order valence-electron chi connectivity index (χ0n) is 24.1. The Morgan fingerprint density at radius 3 is 2.55 bits per heavy atom. The summed E-state index contributed by atoms with van der Waals surface area (Å²) >= 11 is 0. The number of nitrogens with zero attached hydrogens (tertiary/aromatic N) is 2. The van der Waals surface area contributed by atoms with Gasteiger partial charge in [-0.3, -0.25) is 14.4 Å². The molecule has 226 valence electrons. The van der Waals surface area contributed by atoms with Crippen LogP contribution in [-0.2, 0) is 9.53 Å². The number of aromatic nitrogens is 1. The van der Waals surface area contributed by atoms with Crippen molar-refractivity contribution in [1.82, 2.24) is 10.3 Å². The fraction of sp³-hybridized carbons (Fsp3) is 0.219. The van der Waals surface area contributed by atoms with E-state index in [4.69, 9.17) is 19.0 Å². The summed E-state index contributed by atoms with van der Waals surface area (Å²) in [4.78, 5) is 41.7. The molecule has 4 rings (SSSR count). The molecule has 0 fully saturated rings. The number of carboxylic acid groups (broad SMARTS) is 1. The summed E-state index contributed by atoms with van der Waals surface area (Å²) in [6.07, 6.45) is 1.19. The molecule has 0 aliphatic carbocycles. The van der Waals surface area contributed by atoms with E-state index in [9.17, 15) is 24.0 Å². The molecule has 0 aliphatic heterocycles. The third kappa shape index (κ3) is 7.64. The van der Waals surface area contributed by atoms with E-state index in [0.717, 1.165) is 6.07 Å². The molecule has 4 aromatic rings. The van der Waals surface area contributed by atoms with Crippen molar-refractivity contribution < 1.29 is 37.8 Å². The molecule has 2 amide bonds. The maximum atomic E-state index is 14.2. The smallest absolute Gasteiger partial charge is 0.303 e. The van der Waals surface area contributed by atoms with Gasteiger partial charge in [-0.1, -0.05) is 26.0 Å². The van der Waals surface area contributed by atoms with Gasteiger partial charge in [0.05, 0.1) is 18.4 Å². The van der Waals surface area contributed by atoms with Gasteiger partial charge in [0.2, 0.25) is 0 Å². The largest absolute Gasteiger partial charge is 0.481 e. The van der Waals surface area contributed by atoms with Gasteiger partial charge in [-0.05, 0) is 53.4 Å². The second-order valence-electron chi connectivity index (χ2n) is 10.5. The van der Waals surface area contributed by atoms with Gasteiger partial charge in [-0.25, -0.2) is 9.37 Å². The minimum absolute atomic E-state index is 0.00437. The number of aliphatic carboxylic acids is 1. The number of nitrogens with one attached hydrogen (secondary N) is 2. The van der Waals surface area contributed by atoms with E-state index in [-0.39, 0.29) is 53.9 Å². The van der Waals surface area contributed by atoms with Crippen molar-refractivity contribution in [3.8, 4) is 34.2 Å². The first kappa shape index (κ1) is 31.4. The molecule has 0 radical (unpaired) electrons. The number of amides is 2. The average molecular weight is 601 g/mol. The van der Waals surface area contributed by atoms with Crippen LogP contribution >= 0.6 is 0 Å². The summed E-state index contributed by atoms with van der Waals surface area (Å²) < 4.78 is 29.9. The summed E-state index contributed by atoms with van der Waals surface area (Å²) in [7, 11) is 1.41. The molecular weight excluding hydrogens is 571 g/mol. The van der Waals surface area contributed by atoms with Crippen LogP contribution in [0.25, 0.3) is 22.4 Å². The number of halogens is 1. The number of nitriles is 1. The van der Waals surface area contributed by atoms with Crippen LogP contribution in [0, 0.1) is 22.6 Å². The van der Waals surface area contributed by atoms with Crippen molar-refractivity contribution in [2.24, 2.45) is 5.41 Å². The number of carboxylic acids is 1. The lowest BCUT2D eigenvalue weighted by atomic mass is 9.89. The third-order valence-electron chi connectivity index (χ3n) is 6.45. The third-order valence-corrected chi connectivity index (χ3v) is 6.45. The maximum Gasteiger partial charge on any atom is 0.303 e. The first-order valence-corrected chi connectivity index (χ1v) is 13.3. The fourth-order valence-corrected chi connectivity index (χ4v) is 4.36. The van der Waals surface area contributed by atoms with E-state index < -0.39 is 29.0 Å². The van der Waals surface area contributed by atoms with Gasteiger partial charge >= 0.3 is 5.97 Å². The lowest BCUT2D eigenvalue weighted by Crippen LogP contribution is -2.35. The minimum atomic E-state index is -0.976. The van der Waals surface area contributed by atoms with Crippen LogP contribution in [0.15, 0.2) is 71.3 Å². The van der Waals surface area contributed by atoms with E-state index in [1.807, 2.05) is 0 Å². The normalized spacial score (nSPS) is 11.0. The Morgan fingerprint density at radius 2 is 1.86 bits per heavy atom. The predicted octanol–water partition coefficient (Wildman–Crippen LogP) is 5.49. The van der Waals surface area contributed by atoms with Crippen molar-refractivity contribution in [3.05, 3.63) is 89.6 Å². The molecule has 2 aromatic carbocycles. The molecule has 12 heteroatoms. The highest BCUT2D eigenvalue weighted by Gasteiger charge is 2.24. The number of pyridine rings is 1. The number of carbonyl (C=O) groups is 3. The van der Waals surface area contributed by atoms with Crippen LogP contribution in [0.5, 0.6) is 5.75 Å². The van der Waals surface area contributed by atoms with Crippen LogP contribution in [0.2, 0.25) is 0 Å². The van der Waals surface area contributed by atoms with Crippen molar-refractivity contribution in [3.63, 3.8) is 0 Å². The number of carbonyl (C=O) groups excluding carboxylic acids is 2. The standard InChI is InChI=1S/C32H29FN4O7/c1-32(2,15-28(38)39)17-35-30(40)20-7-4-6-19(12-20)23-14-25(22-10-9-21(33)13-27(22)44-18-42-3)36-29(24(23)16-34)37-31(41)26-8-5-11-43-26/h4-14H,15,17-18H2,1-3H3,(H,35,40)(H,38,39)(H,36,37,41). The van der Waals surface area contributed by atoms with Crippen molar-refractivity contribution in [2.45, 2.75) is 20.3 Å². The maximum absolute atomic E-state index is 14.2. The highest BCUT2D eigenvalue weighted by atomic mass is 19.1. The molecule has 3 N–H and O–H groups in total. The number of rotatable bonds is 12. The van der Waals surface area contributed by atoms with E-state index in [2.05, 4.69) is 21.7 Å². The SMILES string of the molecule is COCOc1cc(F)ccc1-c1cc(-c2cccc(C(=O)NCC(C)(C)CC(=O)O)c2)c(C#N)c(NC(=O)c2ccco2)n1. The highest BCUT2D eigenvalue weighted by molar-refractivity contribution is 6.03. The van der Waals surface area contributed by atoms with E-state index >= 15 is 0 Å². The minimum Gasteiger partial charge on any atom is -0.481 e. The van der Waals surface area contributed by atoms with E-state index in [0.29, 0.717) is 16.7 Å². The molecule has 0 spiro atoms. The van der Waals surface area contributed by atoms with Gasteiger partial charge in [-0.15, -0.1) is 0 Å². The Hall–Kier alpha value is -5.54. The number of hydrogen-bond acceptors (Lipinski definition) is 8. The molecule has 0 unspecified atom stereocenters. The monoisotopic (exact) mass is 600 g/mol. The molecule has 0 saturated carbocycles. The second-order valence-corrected chi connectivity index (χ2v) is 10.5. The highest BCUT2D eigenvalue weighted by Crippen LogP contribution is 2.37. The lowest BCUT2D eigenvalue weighted by molar-refractivity contribution is -0.139. The summed E-state index contributed by atoms with van der Waals surface area (Å²) in [6.45, 7) is 3.40. The van der Waals surface area contributed by atoms with Crippen LogP contribution in [0.1, 0.15) is 46.7 Å². The Labute approximate surface area is 252 Å². The quantitative estimate of drug-likeness (QED) is 0.179. The molecule has 0 saturated heterocycles. The molecule has 0 atom stereocenters. The molecule has 0 aliphatic rings. The first-order valence-electron chi connectivity index (χ1n) is 13.3. The Kier molecular flexibility index (Phi) is 9.72. The van der Waals surface area contributed by atoms with Gasteiger partial charge in [-0.2, -0.15) is 5.26 Å². The molecular formula is C32H29FN4O7. The Balaban J connectivity index is 1.81. The second kappa shape index (κ2) is 13.6. The zero-order chi connectivity index (χ0) is 31.9. The van der Waals surface area contributed by atoms with Crippen molar-refractivity contribution >= 4 is 23.6 Å². The van der Waals surface area contributed by atoms with Gasteiger partial charge in [0.1, 0.15) is 23.2 Å². The average Bonchev–Trinajstić information content (AvgIpc) is 3.53. The number of benzene rings is 2. The van der Waals surface area contributed by atoms with Crippen LogP contribution in [-0.4, -0.2) is 48.3 Å². The van der Waals surface area contributed by atoms with E-state index in [1.165, 1.54) is 37.6 Å². The number of methoxy groups -OCH3 is 1. The fourth-order valence-electron chi connectivity index (χ4n) is 4.36. The number of furan rings is 1. The van der Waals surface area contributed by atoms with E-state index in [1.54, 1.807) is 44.2 Å². The topological polar surface area (TPSA) is 164 Å². The van der Waals surface area contributed by atoms with Gasteiger partial charge in [0.25, 0.3) is 11.8 Å². The molecule has 44 heavy (non-hydrogen) atoms. The lowest BCUT2D eigenvalue weighted by Gasteiger charge is -2.22. The molecule has 2 heterocycles. The van der Waals surface area contributed by atoms with Gasteiger partial charge in [0, 0.05) is 36.4 Å².